The van der Waals surface area contributed by atoms with Crippen LogP contribution in [0.5, 0.6) is 0 Å². The molecule has 1 heterocycles. The van der Waals surface area contributed by atoms with Gasteiger partial charge in [-0.05, 0) is 59.0 Å². The third-order valence-electron chi connectivity index (χ3n) is 4.18. The van der Waals surface area contributed by atoms with Gasteiger partial charge < -0.3 is 9.80 Å². The molecular formula is C18H14ClF2IN2O2. The van der Waals surface area contributed by atoms with Gasteiger partial charge in [-0.2, -0.15) is 0 Å². The number of rotatable bonds is 2. The third-order valence-corrected chi connectivity index (χ3v) is 5.31. The van der Waals surface area contributed by atoms with Crippen molar-refractivity contribution in [1.29, 1.82) is 0 Å². The number of carbonyl (C=O) groups excluding carboxylic acids is 2. The van der Waals surface area contributed by atoms with Gasteiger partial charge in [-0.25, -0.2) is 8.78 Å². The van der Waals surface area contributed by atoms with Crippen LogP contribution in [0.1, 0.15) is 20.7 Å². The van der Waals surface area contributed by atoms with Crippen LogP contribution in [0.25, 0.3) is 0 Å². The van der Waals surface area contributed by atoms with Gasteiger partial charge in [0.05, 0.1) is 5.56 Å². The van der Waals surface area contributed by atoms with Crippen LogP contribution in [0.4, 0.5) is 8.78 Å². The summed E-state index contributed by atoms with van der Waals surface area (Å²) in [4.78, 5) is 28.3. The summed E-state index contributed by atoms with van der Waals surface area (Å²) in [6.07, 6.45) is 0. The molecular weight excluding hydrogens is 477 g/mol. The molecule has 0 bridgehead atoms. The molecule has 4 nitrogen and oxygen atoms in total. The van der Waals surface area contributed by atoms with Crippen LogP contribution < -0.4 is 0 Å². The van der Waals surface area contributed by atoms with E-state index < -0.39 is 11.6 Å². The summed E-state index contributed by atoms with van der Waals surface area (Å²) >= 11 is 7.98. The predicted molar refractivity (Wildman–Crippen MR) is 102 cm³/mol. The van der Waals surface area contributed by atoms with E-state index in [1.54, 1.807) is 23.1 Å². The number of hydrogen-bond acceptors (Lipinski definition) is 2. The van der Waals surface area contributed by atoms with Crippen LogP contribution >= 0.6 is 34.2 Å². The first kappa shape index (κ1) is 19.0. The molecule has 3 rings (SSSR count). The SMILES string of the molecule is O=C(c1ccc(F)c(F)c1)N1CCN(C(=O)c2ccc(Cl)cc2I)CC1. The highest BCUT2D eigenvalue weighted by Crippen LogP contribution is 2.20. The Bertz CT molecular complexity index is 870. The molecule has 2 aromatic carbocycles. The lowest BCUT2D eigenvalue weighted by atomic mass is 10.1. The van der Waals surface area contributed by atoms with Crippen molar-refractivity contribution in [3.05, 3.63) is 67.8 Å². The van der Waals surface area contributed by atoms with E-state index in [-0.39, 0.29) is 17.4 Å². The molecule has 1 aliphatic rings. The van der Waals surface area contributed by atoms with Gasteiger partial charge in [0.1, 0.15) is 0 Å². The summed E-state index contributed by atoms with van der Waals surface area (Å²) in [5.41, 5.74) is 0.659. The molecule has 0 spiro atoms. The van der Waals surface area contributed by atoms with E-state index in [1.807, 2.05) is 0 Å². The average molecular weight is 491 g/mol. The monoisotopic (exact) mass is 490 g/mol. The van der Waals surface area contributed by atoms with Gasteiger partial charge in [0.25, 0.3) is 11.8 Å². The Balaban J connectivity index is 1.66. The van der Waals surface area contributed by atoms with E-state index in [2.05, 4.69) is 22.6 Å². The van der Waals surface area contributed by atoms with Crippen LogP contribution in [0, 0.1) is 15.2 Å². The van der Waals surface area contributed by atoms with Crippen molar-refractivity contribution < 1.29 is 18.4 Å². The summed E-state index contributed by atoms with van der Waals surface area (Å²) in [6, 6.07) is 8.16. The van der Waals surface area contributed by atoms with Gasteiger partial charge in [0, 0.05) is 40.3 Å². The number of carbonyl (C=O) groups is 2. The molecule has 2 aromatic rings. The minimum Gasteiger partial charge on any atom is -0.335 e. The molecule has 136 valence electrons. The maximum atomic E-state index is 13.3. The Morgan fingerprint density at radius 2 is 1.50 bits per heavy atom. The lowest BCUT2D eigenvalue weighted by Crippen LogP contribution is -2.50. The first-order valence-electron chi connectivity index (χ1n) is 7.85. The van der Waals surface area contributed by atoms with Crippen molar-refractivity contribution in [2.75, 3.05) is 26.2 Å². The first-order valence-corrected chi connectivity index (χ1v) is 9.31. The number of hydrogen-bond donors (Lipinski definition) is 0. The van der Waals surface area contributed by atoms with Crippen molar-refractivity contribution in [3.8, 4) is 0 Å². The van der Waals surface area contributed by atoms with Crippen LogP contribution in [0.3, 0.4) is 0 Å². The Hall–Kier alpha value is -1.74. The topological polar surface area (TPSA) is 40.6 Å². The molecule has 0 unspecified atom stereocenters. The second-order valence-electron chi connectivity index (χ2n) is 5.84. The Morgan fingerprint density at radius 1 is 0.885 bits per heavy atom. The summed E-state index contributed by atoms with van der Waals surface area (Å²) in [6.45, 7) is 1.39. The van der Waals surface area contributed by atoms with Gasteiger partial charge in [0.15, 0.2) is 11.6 Å². The summed E-state index contributed by atoms with van der Waals surface area (Å²) in [5, 5.41) is 0.563. The fourth-order valence-electron chi connectivity index (χ4n) is 2.76. The van der Waals surface area contributed by atoms with Crippen molar-refractivity contribution >= 4 is 46.0 Å². The second kappa shape index (κ2) is 7.87. The first-order chi connectivity index (χ1) is 12.4. The highest BCUT2D eigenvalue weighted by atomic mass is 127. The van der Waals surface area contributed by atoms with Crippen molar-refractivity contribution in [1.82, 2.24) is 9.80 Å². The predicted octanol–water partition coefficient (Wildman–Crippen LogP) is 3.82. The quantitative estimate of drug-likeness (QED) is 0.601. The van der Waals surface area contributed by atoms with Gasteiger partial charge >= 0.3 is 0 Å². The van der Waals surface area contributed by atoms with Gasteiger partial charge in [-0.15, -0.1) is 0 Å². The highest BCUT2D eigenvalue weighted by Gasteiger charge is 2.26. The average Bonchev–Trinajstić information content (AvgIpc) is 2.63. The maximum absolute atomic E-state index is 13.3. The van der Waals surface area contributed by atoms with E-state index in [0.29, 0.717) is 36.8 Å². The van der Waals surface area contributed by atoms with Crippen molar-refractivity contribution in [3.63, 3.8) is 0 Å². The summed E-state index contributed by atoms with van der Waals surface area (Å²) in [5.74, 6) is -2.54. The molecule has 26 heavy (non-hydrogen) atoms. The van der Waals surface area contributed by atoms with Gasteiger partial charge in [0.2, 0.25) is 0 Å². The molecule has 1 saturated heterocycles. The standard InChI is InChI=1S/C18H14ClF2IN2O2/c19-12-2-3-13(16(22)10-12)18(26)24-7-5-23(6-8-24)17(25)11-1-4-14(20)15(21)9-11/h1-4,9-10H,5-8H2. The molecule has 2 amide bonds. The minimum absolute atomic E-state index is 0.0935. The molecule has 0 aromatic heterocycles. The Kier molecular flexibility index (Phi) is 5.76. The third kappa shape index (κ3) is 3.98. The van der Waals surface area contributed by atoms with Gasteiger partial charge in [-0.1, -0.05) is 11.6 Å². The van der Waals surface area contributed by atoms with Crippen molar-refractivity contribution in [2.24, 2.45) is 0 Å². The van der Waals surface area contributed by atoms with E-state index >= 15 is 0 Å². The molecule has 0 N–H and O–H groups in total. The Morgan fingerprint density at radius 3 is 2.08 bits per heavy atom. The number of halogens is 4. The molecule has 0 atom stereocenters. The lowest BCUT2D eigenvalue weighted by Gasteiger charge is -2.35. The zero-order chi connectivity index (χ0) is 18.8. The van der Waals surface area contributed by atoms with E-state index in [4.69, 9.17) is 11.6 Å². The van der Waals surface area contributed by atoms with Crippen LogP contribution in [0.2, 0.25) is 5.02 Å². The molecule has 0 aliphatic carbocycles. The maximum Gasteiger partial charge on any atom is 0.255 e. The molecule has 8 heteroatoms. The van der Waals surface area contributed by atoms with E-state index in [1.165, 1.54) is 11.0 Å². The summed E-state index contributed by atoms with van der Waals surface area (Å²) in [7, 11) is 0. The number of piperazine rings is 1. The number of nitrogens with zero attached hydrogens (tertiary/aromatic N) is 2. The lowest BCUT2D eigenvalue weighted by molar-refractivity contribution is 0.0534. The number of amides is 2. The minimum atomic E-state index is -1.05. The fourth-order valence-corrected chi connectivity index (χ4v) is 3.86. The van der Waals surface area contributed by atoms with E-state index in [9.17, 15) is 18.4 Å². The Labute approximate surface area is 167 Å². The molecule has 1 fully saturated rings. The van der Waals surface area contributed by atoms with Crippen LogP contribution in [-0.4, -0.2) is 47.8 Å². The van der Waals surface area contributed by atoms with E-state index in [0.717, 1.165) is 15.7 Å². The molecule has 0 radical (unpaired) electrons. The summed E-state index contributed by atoms with van der Waals surface area (Å²) < 4.78 is 27.1. The smallest absolute Gasteiger partial charge is 0.255 e. The van der Waals surface area contributed by atoms with Gasteiger partial charge in [-0.3, -0.25) is 9.59 Å². The largest absolute Gasteiger partial charge is 0.335 e. The zero-order valence-electron chi connectivity index (χ0n) is 13.5. The number of benzene rings is 2. The van der Waals surface area contributed by atoms with Crippen LogP contribution in [0.15, 0.2) is 36.4 Å². The normalized spacial score (nSPS) is 14.5. The van der Waals surface area contributed by atoms with Crippen LogP contribution in [-0.2, 0) is 0 Å². The highest BCUT2D eigenvalue weighted by molar-refractivity contribution is 14.1. The molecule has 1 aliphatic heterocycles. The fraction of sp³-hybridized carbons (Fsp3) is 0.222. The zero-order valence-corrected chi connectivity index (χ0v) is 16.4. The van der Waals surface area contributed by atoms with Crippen molar-refractivity contribution in [2.45, 2.75) is 0 Å². The second-order valence-corrected chi connectivity index (χ2v) is 7.44. The molecule has 0 saturated carbocycles.